The Morgan fingerprint density at radius 3 is 2.70 bits per heavy atom. The number of carbonyl (C=O) groups is 1. The lowest BCUT2D eigenvalue weighted by Gasteiger charge is -2.05. The summed E-state index contributed by atoms with van der Waals surface area (Å²) in [7, 11) is 0. The number of aryl methyl sites for hydroxylation is 1. The lowest BCUT2D eigenvalue weighted by atomic mass is 10.2. The Labute approximate surface area is 133 Å². The third-order valence-electron chi connectivity index (χ3n) is 2.99. The number of nitro benzene ring substituents is 1. The number of nitrogens with zero attached hydrogens (tertiary/aromatic N) is 2. The number of amides is 1. The van der Waals surface area contributed by atoms with Crippen molar-refractivity contribution < 1.29 is 9.72 Å². The van der Waals surface area contributed by atoms with Gasteiger partial charge in [-0.1, -0.05) is 29.8 Å². The Balaban J connectivity index is 1.83. The molecule has 0 radical (unpaired) electrons. The quantitative estimate of drug-likeness (QED) is 0.486. The number of hydrogen-bond donors (Lipinski definition) is 2. The van der Waals surface area contributed by atoms with Crippen LogP contribution in [-0.2, 0) is 4.79 Å². The molecule has 0 saturated carbocycles. The van der Waals surface area contributed by atoms with E-state index >= 15 is 0 Å². The Kier molecular flexibility index (Phi) is 5.40. The van der Waals surface area contributed by atoms with Crippen molar-refractivity contribution in [1.82, 2.24) is 5.43 Å². The normalized spacial score (nSPS) is 10.5. The van der Waals surface area contributed by atoms with E-state index in [-0.39, 0.29) is 18.1 Å². The number of nitrogens with one attached hydrogen (secondary N) is 2. The second kappa shape index (κ2) is 7.69. The number of benzene rings is 2. The first kappa shape index (κ1) is 16.2. The van der Waals surface area contributed by atoms with Crippen LogP contribution in [0.25, 0.3) is 0 Å². The van der Waals surface area contributed by atoms with Gasteiger partial charge in [0.15, 0.2) is 0 Å². The summed E-state index contributed by atoms with van der Waals surface area (Å²) in [6.07, 6.45) is 1.36. The van der Waals surface area contributed by atoms with Crippen molar-refractivity contribution in [2.75, 3.05) is 11.9 Å². The van der Waals surface area contributed by atoms with E-state index in [0.29, 0.717) is 5.56 Å². The van der Waals surface area contributed by atoms with Crippen LogP contribution in [0.5, 0.6) is 0 Å². The van der Waals surface area contributed by atoms with E-state index in [9.17, 15) is 14.9 Å². The minimum absolute atomic E-state index is 0.0266. The van der Waals surface area contributed by atoms with Gasteiger partial charge in [0.2, 0.25) is 0 Å². The summed E-state index contributed by atoms with van der Waals surface area (Å²) in [5.41, 5.74) is 4.85. The molecule has 2 aromatic carbocycles. The molecule has 0 aliphatic carbocycles. The Morgan fingerprint density at radius 1 is 1.26 bits per heavy atom. The molecule has 0 saturated heterocycles. The number of hydrazone groups is 1. The Bertz CT molecular complexity index is 726. The first-order valence-corrected chi connectivity index (χ1v) is 6.91. The predicted octanol–water partition coefficient (Wildman–Crippen LogP) is 2.47. The Morgan fingerprint density at radius 2 is 2.00 bits per heavy atom. The standard InChI is InChI=1S/C16H16N4O3/c1-12-5-7-14(8-6-12)17-11-16(21)19-18-10-13-3-2-4-15(9-13)20(22)23/h2-10,17H,11H2,1H3,(H,19,21). The molecule has 2 aromatic rings. The summed E-state index contributed by atoms with van der Waals surface area (Å²) in [6.45, 7) is 2.06. The monoisotopic (exact) mass is 312 g/mol. The number of carbonyl (C=O) groups excluding carboxylic acids is 1. The van der Waals surface area contributed by atoms with E-state index in [2.05, 4.69) is 15.8 Å². The zero-order valence-corrected chi connectivity index (χ0v) is 12.5. The minimum atomic E-state index is -0.485. The molecule has 7 nitrogen and oxygen atoms in total. The van der Waals surface area contributed by atoms with Gasteiger partial charge in [0, 0.05) is 23.4 Å². The van der Waals surface area contributed by atoms with Crippen LogP contribution in [-0.4, -0.2) is 23.6 Å². The fourth-order valence-electron chi connectivity index (χ4n) is 1.79. The number of nitro groups is 1. The highest BCUT2D eigenvalue weighted by atomic mass is 16.6. The first-order valence-electron chi connectivity index (χ1n) is 6.91. The van der Waals surface area contributed by atoms with Crippen LogP contribution in [0.2, 0.25) is 0 Å². The highest BCUT2D eigenvalue weighted by Crippen LogP contribution is 2.11. The van der Waals surface area contributed by atoms with Crippen molar-refractivity contribution in [3.8, 4) is 0 Å². The summed E-state index contributed by atoms with van der Waals surface area (Å²) < 4.78 is 0. The average Bonchev–Trinajstić information content (AvgIpc) is 2.54. The van der Waals surface area contributed by atoms with Crippen LogP contribution in [0.4, 0.5) is 11.4 Å². The molecule has 118 valence electrons. The molecule has 0 aliphatic rings. The zero-order chi connectivity index (χ0) is 16.7. The molecule has 7 heteroatoms. The van der Waals surface area contributed by atoms with Crippen molar-refractivity contribution in [1.29, 1.82) is 0 Å². The van der Waals surface area contributed by atoms with E-state index in [4.69, 9.17) is 0 Å². The van der Waals surface area contributed by atoms with Crippen LogP contribution in [0, 0.1) is 17.0 Å². The molecule has 0 aliphatic heterocycles. The van der Waals surface area contributed by atoms with Gasteiger partial charge in [-0.15, -0.1) is 0 Å². The van der Waals surface area contributed by atoms with Gasteiger partial charge in [0.05, 0.1) is 17.7 Å². The molecular weight excluding hydrogens is 296 g/mol. The SMILES string of the molecule is Cc1ccc(NCC(=O)NN=Cc2cccc([N+](=O)[O-])c2)cc1. The topological polar surface area (TPSA) is 96.6 Å². The van der Waals surface area contributed by atoms with Gasteiger partial charge in [0.25, 0.3) is 11.6 Å². The van der Waals surface area contributed by atoms with E-state index in [1.165, 1.54) is 18.3 Å². The smallest absolute Gasteiger partial charge is 0.270 e. The van der Waals surface area contributed by atoms with Crippen molar-refractivity contribution in [2.24, 2.45) is 5.10 Å². The highest BCUT2D eigenvalue weighted by Gasteiger charge is 2.04. The van der Waals surface area contributed by atoms with Crippen molar-refractivity contribution in [3.05, 3.63) is 69.8 Å². The van der Waals surface area contributed by atoms with Gasteiger partial charge >= 0.3 is 0 Å². The molecule has 0 spiro atoms. The molecule has 0 bridgehead atoms. The number of non-ortho nitro benzene ring substituents is 1. The maximum Gasteiger partial charge on any atom is 0.270 e. The fourth-order valence-corrected chi connectivity index (χ4v) is 1.79. The second-order valence-electron chi connectivity index (χ2n) is 4.86. The number of rotatable bonds is 6. The molecule has 2 rings (SSSR count). The molecule has 0 aromatic heterocycles. The molecule has 1 amide bonds. The first-order chi connectivity index (χ1) is 11.0. The highest BCUT2D eigenvalue weighted by molar-refractivity contribution is 5.84. The van der Waals surface area contributed by atoms with Crippen LogP contribution < -0.4 is 10.7 Å². The van der Waals surface area contributed by atoms with Crippen molar-refractivity contribution in [2.45, 2.75) is 6.92 Å². The van der Waals surface area contributed by atoms with Crippen LogP contribution in [0.3, 0.4) is 0 Å². The number of hydrogen-bond acceptors (Lipinski definition) is 5. The van der Waals surface area contributed by atoms with E-state index < -0.39 is 4.92 Å². The molecule has 0 fully saturated rings. The third kappa shape index (κ3) is 5.24. The largest absolute Gasteiger partial charge is 0.376 e. The lowest BCUT2D eigenvalue weighted by molar-refractivity contribution is -0.384. The van der Waals surface area contributed by atoms with Crippen LogP contribution in [0.1, 0.15) is 11.1 Å². The molecule has 0 atom stereocenters. The zero-order valence-electron chi connectivity index (χ0n) is 12.5. The van der Waals surface area contributed by atoms with Gasteiger partial charge in [-0.05, 0) is 19.1 Å². The Hall–Kier alpha value is -3.22. The molecule has 2 N–H and O–H groups in total. The second-order valence-corrected chi connectivity index (χ2v) is 4.86. The molecular formula is C16H16N4O3. The summed E-state index contributed by atoms with van der Waals surface area (Å²) in [6, 6.07) is 13.6. The third-order valence-corrected chi connectivity index (χ3v) is 2.99. The summed E-state index contributed by atoms with van der Waals surface area (Å²) in [5, 5.41) is 17.4. The average molecular weight is 312 g/mol. The summed E-state index contributed by atoms with van der Waals surface area (Å²) in [4.78, 5) is 21.8. The van der Waals surface area contributed by atoms with Gasteiger partial charge in [-0.3, -0.25) is 14.9 Å². The number of anilines is 1. The van der Waals surface area contributed by atoms with Gasteiger partial charge in [-0.2, -0.15) is 5.10 Å². The van der Waals surface area contributed by atoms with Crippen LogP contribution >= 0.6 is 0 Å². The van der Waals surface area contributed by atoms with Gasteiger partial charge in [-0.25, -0.2) is 5.43 Å². The lowest BCUT2D eigenvalue weighted by Crippen LogP contribution is -2.25. The minimum Gasteiger partial charge on any atom is -0.376 e. The molecule has 23 heavy (non-hydrogen) atoms. The van der Waals surface area contributed by atoms with Gasteiger partial charge in [0.1, 0.15) is 0 Å². The maximum atomic E-state index is 11.7. The summed E-state index contributed by atoms with van der Waals surface area (Å²) in [5.74, 6) is -0.313. The fraction of sp³-hybridized carbons (Fsp3) is 0.125. The van der Waals surface area contributed by atoms with Crippen LogP contribution in [0.15, 0.2) is 53.6 Å². The summed E-state index contributed by atoms with van der Waals surface area (Å²) >= 11 is 0. The van der Waals surface area contributed by atoms with Gasteiger partial charge < -0.3 is 5.32 Å². The van der Waals surface area contributed by atoms with Crippen molar-refractivity contribution in [3.63, 3.8) is 0 Å². The van der Waals surface area contributed by atoms with E-state index in [1.54, 1.807) is 12.1 Å². The van der Waals surface area contributed by atoms with Crippen molar-refractivity contribution >= 4 is 23.5 Å². The predicted molar refractivity (Wildman–Crippen MR) is 88.5 cm³/mol. The molecule has 0 unspecified atom stereocenters. The van der Waals surface area contributed by atoms with E-state index in [0.717, 1.165) is 11.3 Å². The van der Waals surface area contributed by atoms with E-state index in [1.807, 2.05) is 31.2 Å². The maximum absolute atomic E-state index is 11.7. The molecule has 0 heterocycles.